The van der Waals surface area contributed by atoms with Gasteiger partial charge in [0, 0.05) is 12.0 Å². The first-order valence-electron chi connectivity index (χ1n) is 5.23. The van der Waals surface area contributed by atoms with Gasteiger partial charge in [0.1, 0.15) is 11.4 Å². The summed E-state index contributed by atoms with van der Waals surface area (Å²) < 4.78 is 44.6. The molecule has 1 aliphatic heterocycles. The van der Waals surface area contributed by atoms with E-state index in [0.717, 1.165) is 0 Å². The first kappa shape index (κ1) is 12.2. The fraction of sp³-hybridized carbons (Fsp3) is 0.500. The third-order valence-corrected chi connectivity index (χ3v) is 2.87. The number of rotatable bonds is 0. The highest BCUT2D eigenvalue weighted by Crippen LogP contribution is 2.51. The van der Waals surface area contributed by atoms with Gasteiger partial charge in [0.15, 0.2) is 5.60 Å². The number of aliphatic hydroxyl groups is 1. The molecule has 1 N–H and O–H groups in total. The third-order valence-electron chi connectivity index (χ3n) is 2.87. The molecule has 0 saturated heterocycles. The van der Waals surface area contributed by atoms with Gasteiger partial charge in [0.2, 0.25) is 0 Å². The van der Waals surface area contributed by atoms with Gasteiger partial charge in [0.25, 0.3) is 0 Å². The molecule has 0 spiro atoms. The van der Waals surface area contributed by atoms with E-state index in [2.05, 4.69) is 0 Å². The van der Waals surface area contributed by atoms with Crippen LogP contribution in [0.1, 0.15) is 25.8 Å². The highest BCUT2D eigenvalue weighted by molar-refractivity contribution is 5.41. The number of hydrogen-bond donors (Lipinski definition) is 1. The van der Waals surface area contributed by atoms with Crippen molar-refractivity contribution in [3.63, 3.8) is 0 Å². The van der Waals surface area contributed by atoms with Gasteiger partial charge in [0.05, 0.1) is 0 Å². The van der Waals surface area contributed by atoms with Crippen LogP contribution < -0.4 is 4.74 Å². The summed E-state index contributed by atoms with van der Waals surface area (Å²) in [6.07, 6.45) is -5.23. The lowest BCUT2D eigenvalue weighted by Gasteiger charge is -2.43. The summed E-state index contributed by atoms with van der Waals surface area (Å²) in [5.74, 6) is 0.0866. The summed E-state index contributed by atoms with van der Waals surface area (Å²) >= 11 is 0. The van der Waals surface area contributed by atoms with E-state index >= 15 is 0 Å². The summed E-state index contributed by atoms with van der Waals surface area (Å²) in [7, 11) is 0. The van der Waals surface area contributed by atoms with E-state index in [1.165, 1.54) is 32.0 Å². The van der Waals surface area contributed by atoms with E-state index in [0.29, 0.717) is 0 Å². The highest BCUT2D eigenvalue weighted by atomic mass is 19.4. The van der Waals surface area contributed by atoms with Crippen molar-refractivity contribution >= 4 is 0 Å². The second-order valence-electron chi connectivity index (χ2n) is 4.89. The van der Waals surface area contributed by atoms with E-state index in [-0.39, 0.29) is 11.3 Å². The van der Waals surface area contributed by atoms with Crippen molar-refractivity contribution in [2.45, 2.75) is 37.6 Å². The van der Waals surface area contributed by atoms with Gasteiger partial charge in [-0.1, -0.05) is 18.2 Å². The van der Waals surface area contributed by atoms with Crippen LogP contribution in [0.2, 0.25) is 0 Å². The molecule has 17 heavy (non-hydrogen) atoms. The van der Waals surface area contributed by atoms with Crippen molar-refractivity contribution in [1.82, 2.24) is 0 Å². The van der Waals surface area contributed by atoms with Gasteiger partial charge in [-0.3, -0.25) is 0 Å². The zero-order valence-electron chi connectivity index (χ0n) is 9.51. The molecular weight excluding hydrogens is 233 g/mol. The van der Waals surface area contributed by atoms with E-state index in [4.69, 9.17) is 4.74 Å². The normalized spacial score (nSPS) is 27.2. The predicted octanol–water partition coefficient (Wildman–Crippen LogP) is 3.00. The first-order chi connectivity index (χ1) is 7.66. The molecule has 1 aromatic carbocycles. The van der Waals surface area contributed by atoms with Crippen molar-refractivity contribution < 1.29 is 23.0 Å². The largest absolute Gasteiger partial charge is 0.487 e. The van der Waals surface area contributed by atoms with Gasteiger partial charge >= 0.3 is 6.18 Å². The molecule has 94 valence electrons. The monoisotopic (exact) mass is 246 g/mol. The highest BCUT2D eigenvalue weighted by Gasteiger charge is 2.60. The minimum Gasteiger partial charge on any atom is -0.487 e. The number of halogens is 3. The van der Waals surface area contributed by atoms with Crippen LogP contribution in [0.4, 0.5) is 13.2 Å². The Labute approximate surface area is 97.0 Å². The van der Waals surface area contributed by atoms with E-state index in [9.17, 15) is 18.3 Å². The second kappa shape index (κ2) is 3.38. The molecule has 0 aromatic heterocycles. The van der Waals surface area contributed by atoms with Crippen LogP contribution in [0.3, 0.4) is 0 Å². The van der Waals surface area contributed by atoms with Crippen LogP contribution >= 0.6 is 0 Å². The number of fused-ring (bicyclic) bond motifs is 1. The standard InChI is InChI=1S/C12H13F3O2/c1-10(2)7-11(16,12(13,14)15)8-5-3-4-6-9(8)17-10/h3-6,16H,7H2,1-2H3. The molecule has 0 amide bonds. The number of alkyl halides is 3. The van der Waals surface area contributed by atoms with Crippen molar-refractivity contribution in [1.29, 1.82) is 0 Å². The van der Waals surface area contributed by atoms with E-state index in [1.807, 2.05) is 0 Å². The van der Waals surface area contributed by atoms with Crippen molar-refractivity contribution in [2.75, 3.05) is 0 Å². The molecule has 5 heteroatoms. The number of benzene rings is 1. The summed E-state index contributed by atoms with van der Waals surface area (Å²) in [6.45, 7) is 3.05. The molecule has 1 unspecified atom stereocenters. The number of hydrogen-bond acceptors (Lipinski definition) is 2. The molecule has 2 rings (SSSR count). The van der Waals surface area contributed by atoms with Gasteiger partial charge in [-0.25, -0.2) is 0 Å². The van der Waals surface area contributed by atoms with Gasteiger partial charge < -0.3 is 9.84 Å². The van der Waals surface area contributed by atoms with Crippen molar-refractivity contribution in [3.8, 4) is 5.75 Å². The Bertz CT molecular complexity index is 440. The molecule has 0 aliphatic carbocycles. The Hall–Kier alpha value is -1.23. The van der Waals surface area contributed by atoms with Crippen LogP contribution in [0.25, 0.3) is 0 Å². The Balaban J connectivity index is 2.62. The topological polar surface area (TPSA) is 29.5 Å². The molecule has 1 aromatic rings. The molecule has 0 saturated carbocycles. The maximum absolute atomic E-state index is 13.0. The average molecular weight is 246 g/mol. The second-order valence-corrected chi connectivity index (χ2v) is 4.89. The summed E-state index contributed by atoms with van der Waals surface area (Å²) in [5.41, 5.74) is -4.11. The van der Waals surface area contributed by atoms with Gasteiger partial charge in [-0.2, -0.15) is 13.2 Å². The van der Waals surface area contributed by atoms with E-state index < -0.39 is 23.8 Å². The predicted molar refractivity (Wildman–Crippen MR) is 55.7 cm³/mol. The zero-order chi connectivity index (χ0) is 12.9. The van der Waals surface area contributed by atoms with Crippen molar-refractivity contribution in [2.24, 2.45) is 0 Å². The lowest BCUT2D eigenvalue weighted by atomic mass is 9.80. The number of para-hydroxylation sites is 1. The Morgan fingerprint density at radius 3 is 2.41 bits per heavy atom. The van der Waals surface area contributed by atoms with Crippen LogP contribution in [-0.4, -0.2) is 16.9 Å². The van der Waals surface area contributed by atoms with Gasteiger partial charge in [-0.15, -0.1) is 0 Å². The van der Waals surface area contributed by atoms with E-state index in [1.54, 1.807) is 6.07 Å². The fourth-order valence-electron chi connectivity index (χ4n) is 2.20. The molecule has 0 radical (unpaired) electrons. The molecule has 0 bridgehead atoms. The van der Waals surface area contributed by atoms with Crippen molar-refractivity contribution in [3.05, 3.63) is 29.8 Å². The average Bonchev–Trinajstić information content (AvgIpc) is 2.14. The molecular formula is C12H13F3O2. The Kier molecular flexibility index (Phi) is 2.43. The van der Waals surface area contributed by atoms with Crippen LogP contribution in [0.5, 0.6) is 5.75 Å². The molecule has 1 heterocycles. The lowest BCUT2D eigenvalue weighted by molar-refractivity contribution is -0.285. The quantitative estimate of drug-likeness (QED) is 0.762. The summed E-state index contributed by atoms with van der Waals surface area (Å²) in [6, 6.07) is 5.72. The number of ether oxygens (including phenoxy) is 1. The minimum atomic E-state index is -4.72. The van der Waals surface area contributed by atoms with Crippen LogP contribution in [0, 0.1) is 0 Å². The fourth-order valence-corrected chi connectivity index (χ4v) is 2.20. The molecule has 2 nitrogen and oxygen atoms in total. The van der Waals surface area contributed by atoms with Gasteiger partial charge in [-0.05, 0) is 19.9 Å². The Morgan fingerprint density at radius 2 is 1.82 bits per heavy atom. The first-order valence-corrected chi connectivity index (χ1v) is 5.23. The van der Waals surface area contributed by atoms with Crippen LogP contribution in [0.15, 0.2) is 24.3 Å². The zero-order valence-corrected chi connectivity index (χ0v) is 9.51. The Morgan fingerprint density at radius 1 is 1.24 bits per heavy atom. The molecule has 1 atom stereocenters. The lowest BCUT2D eigenvalue weighted by Crippen LogP contribution is -2.52. The minimum absolute atomic E-state index is 0.0866. The summed E-state index contributed by atoms with van der Waals surface area (Å²) in [4.78, 5) is 0. The maximum atomic E-state index is 13.0. The molecule has 1 aliphatic rings. The SMILES string of the molecule is CC1(C)CC(O)(C(F)(F)F)c2ccccc2O1. The van der Waals surface area contributed by atoms with Crippen LogP contribution in [-0.2, 0) is 5.60 Å². The smallest absolute Gasteiger partial charge is 0.421 e. The summed E-state index contributed by atoms with van der Waals surface area (Å²) in [5, 5.41) is 9.99. The molecule has 0 fully saturated rings. The third kappa shape index (κ3) is 1.88. The maximum Gasteiger partial charge on any atom is 0.421 e.